The minimum atomic E-state index is 0.862. The molecule has 1 fully saturated rings. The Labute approximate surface area is 141 Å². The van der Waals surface area contributed by atoms with E-state index >= 15 is 0 Å². The van der Waals surface area contributed by atoms with Gasteiger partial charge in [-0.25, -0.2) is 9.97 Å². The summed E-state index contributed by atoms with van der Waals surface area (Å²) in [4.78, 5) is 22.0. The highest BCUT2D eigenvalue weighted by atomic mass is 15.3. The van der Waals surface area contributed by atoms with Gasteiger partial charge in [-0.2, -0.15) is 0 Å². The van der Waals surface area contributed by atoms with Crippen molar-refractivity contribution in [1.82, 2.24) is 24.8 Å². The summed E-state index contributed by atoms with van der Waals surface area (Å²) in [6, 6.07) is 8.18. The number of aryl methyl sites for hydroxylation is 2. The van der Waals surface area contributed by atoms with Gasteiger partial charge in [0.05, 0.1) is 29.0 Å². The molecule has 1 saturated heterocycles. The second-order valence-corrected chi connectivity index (χ2v) is 6.38. The second kappa shape index (κ2) is 6.20. The van der Waals surface area contributed by atoms with Crippen LogP contribution in [0.5, 0.6) is 0 Å². The molecular weight excluding hydrogens is 300 g/mol. The first kappa shape index (κ1) is 15.1. The molecule has 1 aliphatic heterocycles. The molecule has 6 heteroatoms. The van der Waals surface area contributed by atoms with E-state index in [-0.39, 0.29) is 0 Å². The van der Waals surface area contributed by atoms with Gasteiger partial charge in [-0.15, -0.1) is 0 Å². The minimum absolute atomic E-state index is 0.862. The van der Waals surface area contributed by atoms with E-state index in [2.05, 4.69) is 35.8 Å². The normalized spacial score (nSPS) is 16.0. The van der Waals surface area contributed by atoms with E-state index < -0.39 is 0 Å². The van der Waals surface area contributed by atoms with Crippen molar-refractivity contribution in [3.8, 4) is 0 Å². The number of piperazine rings is 1. The molecule has 124 valence electrons. The van der Waals surface area contributed by atoms with Crippen LogP contribution >= 0.6 is 0 Å². The Morgan fingerprint density at radius 2 is 1.83 bits per heavy atom. The smallest absolute Gasteiger partial charge is 0.150 e. The van der Waals surface area contributed by atoms with Gasteiger partial charge in [-0.1, -0.05) is 12.1 Å². The fraction of sp³-hybridized carbons (Fsp3) is 0.389. The van der Waals surface area contributed by atoms with Gasteiger partial charge in [-0.3, -0.25) is 9.88 Å². The maximum Gasteiger partial charge on any atom is 0.150 e. The molecule has 0 radical (unpaired) electrons. The molecule has 0 atom stereocenters. The number of fused-ring (bicyclic) bond motifs is 1. The number of nitrogens with zero attached hydrogens (tertiary/aromatic N) is 5. The number of imidazole rings is 1. The summed E-state index contributed by atoms with van der Waals surface area (Å²) in [5, 5.41) is 0. The molecular formula is C18H22N6. The molecule has 0 aliphatic carbocycles. The third-order valence-electron chi connectivity index (χ3n) is 4.53. The van der Waals surface area contributed by atoms with E-state index in [4.69, 9.17) is 0 Å². The molecule has 2 aromatic heterocycles. The van der Waals surface area contributed by atoms with Crippen LogP contribution in [0.2, 0.25) is 0 Å². The van der Waals surface area contributed by atoms with Crippen LogP contribution in [0.25, 0.3) is 11.0 Å². The molecule has 0 unspecified atom stereocenters. The van der Waals surface area contributed by atoms with Gasteiger partial charge in [0.25, 0.3) is 0 Å². The predicted molar refractivity (Wildman–Crippen MR) is 95.1 cm³/mol. The molecule has 1 aromatic carbocycles. The molecule has 1 N–H and O–H groups in total. The molecule has 24 heavy (non-hydrogen) atoms. The number of aromatic amines is 1. The summed E-state index contributed by atoms with van der Waals surface area (Å²) in [5.74, 6) is 2.06. The van der Waals surface area contributed by atoms with Crippen LogP contribution in [0.3, 0.4) is 0 Å². The summed E-state index contributed by atoms with van der Waals surface area (Å²) in [6.07, 6.45) is 1.83. The topological polar surface area (TPSA) is 60.9 Å². The molecule has 4 rings (SSSR count). The number of hydrogen-bond acceptors (Lipinski definition) is 5. The highest BCUT2D eigenvalue weighted by Gasteiger charge is 2.20. The Bertz CT molecular complexity index is 815. The van der Waals surface area contributed by atoms with E-state index in [1.807, 2.05) is 38.2 Å². The van der Waals surface area contributed by atoms with E-state index in [0.29, 0.717) is 0 Å². The number of nitrogens with one attached hydrogen (secondary N) is 1. The minimum Gasteiger partial charge on any atom is -0.353 e. The average Bonchev–Trinajstić information content (AvgIpc) is 3.00. The van der Waals surface area contributed by atoms with Gasteiger partial charge >= 0.3 is 0 Å². The fourth-order valence-electron chi connectivity index (χ4n) is 3.23. The van der Waals surface area contributed by atoms with Crippen LogP contribution < -0.4 is 4.90 Å². The molecule has 6 nitrogen and oxygen atoms in total. The first-order chi connectivity index (χ1) is 11.7. The van der Waals surface area contributed by atoms with E-state index in [1.54, 1.807) is 0 Å². The van der Waals surface area contributed by atoms with Gasteiger partial charge in [-0.05, 0) is 26.0 Å². The molecule has 3 aromatic rings. The van der Waals surface area contributed by atoms with Crippen molar-refractivity contribution in [2.75, 3.05) is 31.1 Å². The third kappa shape index (κ3) is 2.97. The number of para-hydroxylation sites is 2. The zero-order valence-corrected chi connectivity index (χ0v) is 14.2. The summed E-state index contributed by atoms with van der Waals surface area (Å²) >= 11 is 0. The average molecular weight is 322 g/mol. The van der Waals surface area contributed by atoms with Crippen LogP contribution in [0.1, 0.15) is 17.2 Å². The summed E-state index contributed by atoms with van der Waals surface area (Å²) < 4.78 is 0. The van der Waals surface area contributed by atoms with Crippen LogP contribution in [-0.2, 0) is 6.54 Å². The van der Waals surface area contributed by atoms with Crippen LogP contribution in [0.15, 0.2) is 30.5 Å². The maximum absolute atomic E-state index is 4.68. The lowest BCUT2D eigenvalue weighted by Crippen LogP contribution is -2.46. The molecule has 0 spiro atoms. The lowest BCUT2D eigenvalue weighted by Gasteiger charge is -2.35. The van der Waals surface area contributed by atoms with Gasteiger partial charge in [0.2, 0.25) is 0 Å². The van der Waals surface area contributed by atoms with Crippen molar-refractivity contribution in [1.29, 1.82) is 0 Å². The van der Waals surface area contributed by atoms with Crippen molar-refractivity contribution >= 4 is 16.9 Å². The van der Waals surface area contributed by atoms with Crippen molar-refractivity contribution in [2.45, 2.75) is 20.4 Å². The zero-order valence-electron chi connectivity index (χ0n) is 14.2. The highest BCUT2D eigenvalue weighted by molar-refractivity contribution is 5.74. The van der Waals surface area contributed by atoms with Gasteiger partial charge in [0, 0.05) is 32.4 Å². The number of H-pyrrole nitrogens is 1. The largest absolute Gasteiger partial charge is 0.353 e. The first-order valence-electron chi connectivity index (χ1n) is 8.40. The van der Waals surface area contributed by atoms with Gasteiger partial charge in [0.1, 0.15) is 11.6 Å². The Morgan fingerprint density at radius 1 is 1.04 bits per heavy atom. The molecule has 3 heterocycles. The van der Waals surface area contributed by atoms with E-state index in [1.165, 1.54) is 0 Å². The Kier molecular flexibility index (Phi) is 3.90. The van der Waals surface area contributed by atoms with E-state index in [9.17, 15) is 0 Å². The lowest BCUT2D eigenvalue weighted by atomic mass is 10.3. The lowest BCUT2D eigenvalue weighted by molar-refractivity contribution is 0.244. The van der Waals surface area contributed by atoms with Crippen LogP contribution in [0, 0.1) is 13.8 Å². The summed E-state index contributed by atoms with van der Waals surface area (Å²) in [5.41, 5.74) is 4.13. The maximum atomic E-state index is 4.68. The summed E-state index contributed by atoms with van der Waals surface area (Å²) in [7, 11) is 0. The monoisotopic (exact) mass is 322 g/mol. The van der Waals surface area contributed by atoms with Crippen molar-refractivity contribution in [3.05, 3.63) is 47.7 Å². The quantitative estimate of drug-likeness (QED) is 0.802. The number of hydrogen-bond donors (Lipinski definition) is 1. The number of anilines is 1. The number of aromatic nitrogens is 4. The van der Waals surface area contributed by atoms with Gasteiger partial charge < -0.3 is 9.88 Å². The Hall–Kier alpha value is -2.47. The van der Waals surface area contributed by atoms with Crippen LogP contribution in [0.4, 0.5) is 5.82 Å². The number of benzene rings is 1. The van der Waals surface area contributed by atoms with E-state index in [0.717, 1.165) is 66.8 Å². The fourth-order valence-corrected chi connectivity index (χ4v) is 3.23. The first-order valence-corrected chi connectivity index (χ1v) is 8.40. The predicted octanol–water partition coefficient (Wildman–Crippen LogP) is 2.29. The number of rotatable bonds is 3. The highest BCUT2D eigenvalue weighted by Crippen LogP contribution is 2.18. The zero-order chi connectivity index (χ0) is 16.5. The Balaban J connectivity index is 1.41. The van der Waals surface area contributed by atoms with Crippen LogP contribution in [-0.4, -0.2) is 51.0 Å². The van der Waals surface area contributed by atoms with Crippen molar-refractivity contribution < 1.29 is 0 Å². The Morgan fingerprint density at radius 3 is 2.62 bits per heavy atom. The molecule has 0 bridgehead atoms. The molecule has 0 saturated carbocycles. The van der Waals surface area contributed by atoms with Gasteiger partial charge in [0.15, 0.2) is 0 Å². The van der Waals surface area contributed by atoms with Crippen molar-refractivity contribution in [3.63, 3.8) is 0 Å². The molecule has 0 amide bonds. The van der Waals surface area contributed by atoms with Crippen molar-refractivity contribution in [2.24, 2.45) is 0 Å². The second-order valence-electron chi connectivity index (χ2n) is 6.38. The SMILES string of the molecule is Cc1cnc(C)c(N2CCN(Cc3nc4ccccc4[nH]3)CC2)n1. The molecule has 1 aliphatic rings. The third-order valence-corrected chi connectivity index (χ3v) is 4.53. The standard InChI is InChI=1S/C18H22N6/c1-13-11-19-14(2)18(20-13)24-9-7-23(8-10-24)12-17-21-15-5-3-4-6-16(15)22-17/h3-6,11H,7-10,12H2,1-2H3,(H,21,22). The summed E-state index contributed by atoms with van der Waals surface area (Å²) in [6.45, 7) is 8.84.